The Morgan fingerprint density at radius 1 is 1.32 bits per heavy atom. The maximum Gasteiger partial charge on any atom is 0.267 e. The van der Waals surface area contributed by atoms with Gasteiger partial charge in [-0.3, -0.25) is 9.59 Å². The van der Waals surface area contributed by atoms with Crippen LogP contribution in [0.5, 0.6) is 0 Å². The van der Waals surface area contributed by atoms with E-state index in [2.05, 4.69) is 12.0 Å². The van der Waals surface area contributed by atoms with E-state index in [0.717, 1.165) is 36.5 Å². The van der Waals surface area contributed by atoms with Gasteiger partial charge in [-0.2, -0.15) is 5.10 Å². The third kappa shape index (κ3) is 3.83. The van der Waals surface area contributed by atoms with Crippen LogP contribution in [0.1, 0.15) is 49.9 Å². The molecule has 0 aliphatic carbocycles. The van der Waals surface area contributed by atoms with E-state index < -0.39 is 0 Å². The molecule has 0 aromatic carbocycles. The number of nitrogens with zero attached hydrogens (tertiary/aromatic N) is 3. The molecule has 2 aromatic heterocycles. The van der Waals surface area contributed by atoms with Crippen molar-refractivity contribution in [3.63, 3.8) is 0 Å². The Labute approximate surface area is 147 Å². The lowest BCUT2D eigenvalue weighted by atomic mass is 9.91. The van der Waals surface area contributed by atoms with Crippen molar-refractivity contribution in [2.45, 2.75) is 52.6 Å². The molecule has 2 atom stereocenters. The summed E-state index contributed by atoms with van der Waals surface area (Å²) < 4.78 is 7.16. The molecule has 0 unspecified atom stereocenters. The maximum atomic E-state index is 12.9. The van der Waals surface area contributed by atoms with Crippen molar-refractivity contribution in [2.24, 2.45) is 5.92 Å². The number of aryl methyl sites for hydroxylation is 2. The number of rotatable bonds is 4. The fourth-order valence-corrected chi connectivity index (χ4v) is 3.36. The first-order valence-corrected chi connectivity index (χ1v) is 8.90. The molecule has 3 heterocycles. The Bertz CT molecular complexity index is 808. The molecule has 0 bridgehead atoms. The number of likely N-dealkylation sites (tertiary alicyclic amines) is 1. The first-order chi connectivity index (χ1) is 12.0. The number of piperidine rings is 1. The highest BCUT2D eigenvalue weighted by Crippen LogP contribution is 2.35. The lowest BCUT2D eigenvalue weighted by Gasteiger charge is -2.37. The van der Waals surface area contributed by atoms with E-state index in [1.807, 2.05) is 24.0 Å². The van der Waals surface area contributed by atoms with Crippen LogP contribution in [-0.4, -0.2) is 27.1 Å². The van der Waals surface area contributed by atoms with Gasteiger partial charge in [-0.15, -0.1) is 0 Å². The summed E-state index contributed by atoms with van der Waals surface area (Å²) >= 11 is 0. The van der Waals surface area contributed by atoms with Gasteiger partial charge in [-0.25, -0.2) is 4.68 Å². The summed E-state index contributed by atoms with van der Waals surface area (Å²) in [6, 6.07) is 6.98. The number of hydrogen-bond donors (Lipinski definition) is 0. The standard InChI is InChI=1S/C19H25N3O3/c1-4-15-6-7-17(25-15)16-11-13(2)9-10-21(16)19(24)12-22-18(23)8-5-14(3)20-22/h5-8,13,16H,4,9-12H2,1-3H3/t13-,16-/m1/s1. The van der Waals surface area contributed by atoms with E-state index >= 15 is 0 Å². The number of hydrogen-bond acceptors (Lipinski definition) is 4. The van der Waals surface area contributed by atoms with Crippen molar-refractivity contribution < 1.29 is 9.21 Å². The molecule has 1 aliphatic heterocycles. The van der Waals surface area contributed by atoms with Gasteiger partial charge in [0.1, 0.15) is 18.1 Å². The summed E-state index contributed by atoms with van der Waals surface area (Å²) in [5.74, 6) is 2.20. The zero-order valence-electron chi connectivity index (χ0n) is 15.1. The van der Waals surface area contributed by atoms with Gasteiger partial charge in [0, 0.05) is 19.0 Å². The molecule has 6 heteroatoms. The van der Waals surface area contributed by atoms with Gasteiger partial charge in [0.15, 0.2) is 0 Å². The topological polar surface area (TPSA) is 68.3 Å². The highest BCUT2D eigenvalue weighted by Gasteiger charge is 2.33. The minimum atomic E-state index is -0.257. The van der Waals surface area contributed by atoms with Crippen LogP contribution >= 0.6 is 0 Å². The van der Waals surface area contributed by atoms with E-state index in [9.17, 15) is 9.59 Å². The summed E-state index contributed by atoms with van der Waals surface area (Å²) in [6.45, 7) is 6.69. The Hall–Kier alpha value is -2.37. The number of carbonyl (C=O) groups excluding carboxylic acids is 1. The zero-order chi connectivity index (χ0) is 18.0. The predicted octanol–water partition coefficient (Wildman–Crippen LogP) is 2.71. The van der Waals surface area contributed by atoms with E-state index in [4.69, 9.17) is 4.42 Å². The molecule has 2 aromatic rings. The molecule has 1 fully saturated rings. The molecule has 0 saturated carbocycles. The smallest absolute Gasteiger partial charge is 0.267 e. The van der Waals surface area contributed by atoms with Crippen LogP contribution < -0.4 is 5.56 Å². The Morgan fingerprint density at radius 3 is 2.84 bits per heavy atom. The number of carbonyl (C=O) groups is 1. The minimum absolute atomic E-state index is 0.0350. The van der Waals surface area contributed by atoms with Gasteiger partial charge in [0.25, 0.3) is 5.56 Å². The number of aromatic nitrogens is 2. The second-order valence-electron chi connectivity index (χ2n) is 6.86. The highest BCUT2D eigenvalue weighted by atomic mass is 16.3. The zero-order valence-corrected chi connectivity index (χ0v) is 15.1. The monoisotopic (exact) mass is 343 g/mol. The molecule has 134 valence electrons. The molecule has 25 heavy (non-hydrogen) atoms. The minimum Gasteiger partial charge on any atom is -0.464 e. The quantitative estimate of drug-likeness (QED) is 0.856. The van der Waals surface area contributed by atoms with Crippen LogP contribution in [0.2, 0.25) is 0 Å². The van der Waals surface area contributed by atoms with E-state index in [0.29, 0.717) is 12.5 Å². The van der Waals surface area contributed by atoms with E-state index in [1.165, 1.54) is 10.7 Å². The predicted molar refractivity (Wildman–Crippen MR) is 94.2 cm³/mol. The van der Waals surface area contributed by atoms with Gasteiger partial charge >= 0.3 is 0 Å². The molecule has 0 N–H and O–H groups in total. The normalized spacial score (nSPS) is 20.7. The van der Waals surface area contributed by atoms with Crippen LogP contribution in [0.25, 0.3) is 0 Å². The summed E-state index contributed by atoms with van der Waals surface area (Å²) in [5, 5.41) is 4.17. The van der Waals surface area contributed by atoms with Crippen molar-refractivity contribution >= 4 is 5.91 Å². The van der Waals surface area contributed by atoms with Gasteiger partial charge in [-0.1, -0.05) is 13.8 Å². The van der Waals surface area contributed by atoms with Gasteiger partial charge in [0.05, 0.1) is 11.7 Å². The average Bonchev–Trinajstić information content (AvgIpc) is 3.07. The second-order valence-corrected chi connectivity index (χ2v) is 6.86. The molecule has 1 aliphatic rings. The SMILES string of the molecule is CCc1ccc([C@H]2C[C@H](C)CCN2C(=O)Cn2nc(C)ccc2=O)o1. The second kappa shape index (κ2) is 7.25. The van der Waals surface area contributed by atoms with Crippen molar-refractivity contribution in [1.82, 2.24) is 14.7 Å². The molecule has 0 spiro atoms. The molecule has 6 nitrogen and oxygen atoms in total. The van der Waals surface area contributed by atoms with Crippen LogP contribution in [0.15, 0.2) is 33.5 Å². The summed E-state index contributed by atoms with van der Waals surface area (Å²) in [4.78, 5) is 26.7. The fourth-order valence-electron chi connectivity index (χ4n) is 3.36. The first-order valence-electron chi connectivity index (χ1n) is 8.90. The number of amides is 1. The molecule has 1 amide bonds. The highest BCUT2D eigenvalue weighted by molar-refractivity contribution is 5.76. The van der Waals surface area contributed by atoms with Crippen LogP contribution in [0, 0.1) is 12.8 Å². The van der Waals surface area contributed by atoms with Crippen LogP contribution in [-0.2, 0) is 17.8 Å². The molecule has 0 radical (unpaired) electrons. The summed E-state index contributed by atoms with van der Waals surface area (Å²) in [7, 11) is 0. The van der Waals surface area contributed by atoms with E-state index in [-0.39, 0.29) is 24.1 Å². The number of furan rings is 1. The first kappa shape index (κ1) is 17.5. The van der Waals surface area contributed by atoms with Gasteiger partial charge in [0.2, 0.25) is 5.91 Å². The lowest BCUT2D eigenvalue weighted by molar-refractivity contribution is -0.137. The van der Waals surface area contributed by atoms with Crippen molar-refractivity contribution in [3.8, 4) is 0 Å². The van der Waals surface area contributed by atoms with Crippen molar-refractivity contribution in [1.29, 1.82) is 0 Å². The van der Waals surface area contributed by atoms with Gasteiger partial charge in [-0.05, 0) is 43.9 Å². The Morgan fingerprint density at radius 2 is 2.12 bits per heavy atom. The lowest BCUT2D eigenvalue weighted by Crippen LogP contribution is -2.43. The van der Waals surface area contributed by atoms with Crippen LogP contribution in [0.4, 0.5) is 0 Å². The Kier molecular flexibility index (Phi) is 5.06. The molecule has 1 saturated heterocycles. The maximum absolute atomic E-state index is 12.9. The van der Waals surface area contributed by atoms with Crippen molar-refractivity contribution in [3.05, 3.63) is 51.8 Å². The third-order valence-corrected chi connectivity index (χ3v) is 4.83. The van der Waals surface area contributed by atoms with Gasteiger partial charge < -0.3 is 9.32 Å². The van der Waals surface area contributed by atoms with Crippen LogP contribution in [0.3, 0.4) is 0 Å². The fraction of sp³-hybridized carbons (Fsp3) is 0.526. The Balaban J connectivity index is 1.83. The third-order valence-electron chi connectivity index (χ3n) is 4.83. The van der Waals surface area contributed by atoms with Crippen molar-refractivity contribution in [2.75, 3.05) is 6.54 Å². The molecular formula is C19H25N3O3. The van der Waals surface area contributed by atoms with E-state index in [1.54, 1.807) is 13.0 Å². The molecule has 3 rings (SSSR count). The largest absolute Gasteiger partial charge is 0.464 e. The summed E-state index contributed by atoms with van der Waals surface area (Å²) in [6.07, 6.45) is 2.66. The summed E-state index contributed by atoms with van der Waals surface area (Å²) in [5.41, 5.74) is 0.460. The molecular weight excluding hydrogens is 318 g/mol. The average molecular weight is 343 g/mol.